The number of nitrogens with zero attached hydrogens (tertiary/aromatic N) is 2. The van der Waals surface area contributed by atoms with Crippen LogP contribution in [0.15, 0.2) is 49.1 Å². The Morgan fingerprint density at radius 1 is 1.00 bits per heavy atom. The molecular formula is C14H17N3O. The van der Waals surface area contributed by atoms with Crippen molar-refractivity contribution in [2.24, 2.45) is 0 Å². The molecule has 0 bridgehead atoms. The highest BCUT2D eigenvalue weighted by molar-refractivity contribution is 5.15. The van der Waals surface area contributed by atoms with Crippen molar-refractivity contribution in [3.05, 3.63) is 60.2 Å². The molecule has 0 radical (unpaired) electrons. The Kier molecular flexibility index (Phi) is 4.39. The van der Waals surface area contributed by atoms with Crippen LogP contribution in [0.5, 0.6) is 0 Å². The van der Waals surface area contributed by atoms with E-state index >= 15 is 0 Å². The molecule has 0 spiro atoms. The molecule has 0 saturated carbocycles. The molecule has 0 amide bonds. The lowest BCUT2D eigenvalue weighted by molar-refractivity contribution is 0.170. The molecule has 0 aliphatic heterocycles. The molecule has 2 aromatic rings. The summed E-state index contributed by atoms with van der Waals surface area (Å²) in [6.45, 7) is 2.57. The summed E-state index contributed by atoms with van der Waals surface area (Å²) in [6.07, 6.45) is 6.40. The van der Waals surface area contributed by atoms with E-state index in [1.807, 2.05) is 24.3 Å². The van der Waals surface area contributed by atoms with Crippen molar-refractivity contribution in [3.8, 4) is 0 Å². The third-order valence-electron chi connectivity index (χ3n) is 2.91. The maximum Gasteiger partial charge on any atom is 0.0915 e. The Morgan fingerprint density at radius 3 is 2.06 bits per heavy atom. The topological polar surface area (TPSA) is 58.0 Å². The standard InChI is InChI=1S/C14H17N3O/c1-11(12-2-6-15-7-3-12)17-10-14(18)13-4-8-16-9-5-13/h2-9,11,14,17-18H,10H2,1H3. The summed E-state index contributed by atoms with van der Waals surface area (Å²) in [5.74, 6) is 0. The van der Waals surface area contributed by atoms with Gasteiger partial charge in [-0.1, -0.05) is 0 Å². The number of hydrogen-bond acceptors (Lipinski definition) is 4. The summed E-state index contributed by atoms with van der Waals surface area (Å²) in [4.78, 5) is 7.92. The van der Waals surface area contributed by atoms with Crippen LogP contribution in [0, 0.1) is 0 Å². The van der Waals surface area contributed by atoms with Crippen LogP contribution in [-0.2, 0) is 0 Å². The van der Waals surface area contributed by atoms with Gasteiger partial charge < -0.3 is 10.4 Å². The minimum absolute atomic E-state index is 0.185. The van der Waals surface area contributed by atoms with Gasteiger partial charge in [0.2, 0.25) is 0 Å². The fraction of sp³-hybridized carbons (Fsp3) is 0.286. The van der Waals surface area contributed by atoms with Crippen molar-refractivity contribution in [2.45, 2.75) is 19.1 Å². The molecule has 2 heterocycles. The number of aromatic nitrogens is 2. The average Bonchev–Trinajstić information content (AvgIpc) is 2.46. The lowest BCUT2D eigenvalue weighted by Gasteiger charge is -2.17. The second-order valence-electron chi connectivity index (χ2n) is 4.21. The van der Waals surface area contributed by atoms with Gasteiger partial charge in [0.05, 0.1) is 6.10 Å². The summed E-state index contributed by atoms with van der Waals surface area (Å²) in [5, 5.41) is 13.3. The van der Waals surface area contributed by atoms with E-state index in [0.717, 1.165) is 11.1 Å². The zero-order valence-corrected chi connectivity index (χ0v) is 10.3. The molecule has 0 aliphatic carbocycles. The molecule has 4 heteroatoms. The summed E-state index contributed by atoms with van der Waals surface area (Å²) in [5.41, 5.74) is 2.03. The summed E-state index contributed by atoms with van der Waals surface area (Å²) in [7, 11) is 0. The number of pyridine rings is 2. The van der Waals surface area contributed by atoms with Crippen LogP contribution < -0.4 is 5.32 Å². The molecule has 2 N–H and O–H groups in total. The van der Waals surface area contributed by atoms with Crippen molar-refractivity contribution in [3.63, 3.8) is 0 Å². The Morgan fingerprint density at radius 2 is 1.50 bits per heavy atom. The van der Waals surface area contributed by atoms with Gasteiger partial charge in [0, 0.05) is 37.4 Å². The SMILES string of the molecule is CC(NCC(O)c1ccncc1)c1ccncc1. The summed E-state index contributed by atoms with van der Waals surface area (Å²) < 4.78 is 0. The van der Waals surface area contributed by atoms with E-state index < -0.39 is 6.10 Å². The van der Waals surface area contributed by atoms with E-state index in [9.17, 15) is 5.11 Å². The van der Waals surface area contributed by atoms with Gasteiger partial charge in [-0.2, -0.15) is 0 Å². The largest absolute Gasteiger partial charge is 0.387 e. The van der Waals surface area contributed by atoms with Crippen LogP contribution in [0.25, 0.3) is 0 Å². The molecule has 2 aromatic heterocycles. The predicted molar refractivity (Wildman–Crippen MR) is 69.9 cm³/mol. The molecular weight excluding hydrogens is 226 g/mol. The second kappa shape index (κ2) is 6.23. The zero-order valence-electron chi connectivity index (χ0n) is 10.3. The quantitative estimate of drug-likeness (QED) is 0.841. The van der Waals surface area contributed by atoms with Gasteiger partial charge in [-0.15, -0.1) is 0 Å². The second-order valence-corrected chi connectivity index (χ2v) is 4.21. The van der Waals surface area contributed by atoms with Gasteiger partial charge in [0.1, 0.15) is 0 Å². The molecule has 2 unspecified atom stereocenters. The van der Waals surface area contributed by atoms with E-state index in [2.05, 4.69) is 22.2 Å². The smallest absolute Gasteiger partial charge is 0.0915 e. The molecule has 2 atom stereocenters. The van der Waals surface area contributed by atoms with Crippen LogP contribution >= 0.6 is 0 Å². The molecule has 2 rings (SSSR count). The first-order valence-electron chi connectivity index (χ1n) is 5.98. The van der Waals surface area contributed by atoms with Gasteiger partial charge >= 0.3 is 0 Å². The number of rotatable bonds is 5. The molecule has 18 heavy (non-hydrogen) atoms. The summed E-state index contributed by atoms with van der Waals surface area (Å²) >= 11 is 0. The van der Waals surface area contributed by atoms with Crippen molar-refractivity contribution in [1.29, 1.82) is 0 Å². The first kappa shape index (κ1) is 12.7. The van der Waals surface area contributed by atoms with E-state index in [1.54, 1.807) is 24.8 Å². The minimum atomic E-state index is -0.516. The van der Waals surface area contributed by atoms with Gasteiger partial charge in [-0.05, 0) is 42.3 Å². The van der Waals surface area contributed by atoms with Crippen LogP contribution in [0.4, 0.5) is 0 Å². The lowest BCUT2D eigenvalue weighted by Crippen LogP contribution is -2.24. The monoisotopic (exact) mass is 243 g/mol. The Hall–Kier alpha value is -1.78. The Labute approximate surface area is 107 Å². The van der Waals surface area contributed by atoms with Gasteiger partial charge in [-0.25, -0.2) is 0 Å². The number of aliphatic hydroxyl groups is 1. The number of hydrogen-bond donors (Lipinski definition) is 2. The highest BCUT2D eigenvalue weighted by Crippen LogP contribution is 2.14. The average molecular weight is 243 g/mol. The molecule has 0 fully saturated rings. The number of aliphatic hydroxyl groups excluding tert-OH is 1. The van der Waals surface area contributed by atoms with Crippen molar-refractivity contribution < 1.29 is 5.11 Å². The number of nitrogens with one attached hydrogen (secondary N) is 1. The van der Waals surface area contributed by atoms with E-state index in [-0.39, 0.29) is 6.04 Å². The maximum absolute atomic E-state index is 10.0. The minimum Gasteiger partial charge on any atom is -0.387 e. The fourth-order valence-corrected chi connectivity index (χ4v) is 1.76. The van der Waals surface area contributed by atoms with Gasteiger partial charge in [0.25, 0.3) is 0 Å². The van der Waals surface area contributed by atoms with Crippen LogP contribution in [0.1, 0.15) is 30.2 Å². The Bertz CT molecular complexity index is 415. The van der Waals surface area contributed by atoms with E-state index in [4.69, 9.17) is 0 Å². The fourth-order valence-electron chi connectivity index (χ4n) is 1.76. The van der Waals surface area contributed by atoms with Crippen molar-refractivity contribution >= 4 is 0 Å². The third-order valence-corrected chi connectivity index (χ3v) is 2.91. The molecule has 94 valence electrons. The van der Waals surface area contributed by atoms with E-state index in [0.29, 0.717) is 6.54 Å². The van der Waals surface area contributed by atoms with Gasteiger partial charge in [-0.3, -0.25) is 9.97 Å². The first-order chi connectivity index (χ1) is 8.77. The molecule has 4 nitrogen and oxygen atoms in total. The van der Waals surface area contributed by atoms with Crippen LogP contribution in [0.3, 0.4) is 0 Å². The zero-order chi connectivity index (χ0) is 12.8. The predicted octanol–water partition coefficient (Wildman–Crippen LogP) is 1.86. The van der Waals surface area contributed by atoms with Crippen molar-refractivity contribution in [1.82, 2.24) is 15.3 Å². The maximum atomic E-state index is 10.0. The normalized spacial score (nSPS) is 14.1. The Balaban J connectivity index is 1.89. The molecule has 0 aromatic carbocycles. The highest BCUT2D eigenvalue weighted by atomic mass is 16.3. The highest BCUT2D eigenvalue weighted by Gasteiger charge is 2.10. The third kappa shape index (κ3) is 3.35. The van der Waals surface area contributed by atoms with Gasteiger partial charge in [0.15, 0.2) is 0 Å². The van der Waals surface area contributed by atoms with E-state index in [1.165, 1.54) is 0 Å². The molecule has 0 aliphatic rings. The first-order valence-corrected chi connectivity index (χ1v) is 5.98. The lowest BCUT2D eigenvalue weighted by atomic mass is 10.1. The summed E-state index contributed by atoms with van der Waals surface area (Å²) in [6, 6.07) is 7.77. The van der Waals surface area contributed by atoms with Crippen LogP contribution in [0.2, 0.25) is 0 Å². The molecule has 0 saturated heterocycles. The van der Waals surface area contributed by atoms with Crippen molar-refractivity contribution in [2.75, 3.05) is 6.54 Å². The van der Waals surface area contributed by atoms with Crippen LogP contribution in [-0.4, -0.2) is 21.6 Å².